The summed E-state index contributed by atoms with van der Waals surface area (Å²) < 4.78 is 11.0. The Bertz CT molecular complexity index is 443. The van der Waals surface area contributed by atoms with Crippen LogP contribution in [0.4, 0.5) is 0 Å². The zero-order chi connectivity index (χ0) is 14.7. The SMILES string of the molecule is COC1CN(C(CN)c2ccc(Cl)cc2C)CC1OC. The lowest BCUT2D eigenvalue weighted by Crippen LogP contribution is -2.33. The van der Waals surface area contributed by atoms with Crippen molar-refractivity contribution in [3.8, 4) is 0 Å². The molecule has 0 amide bonds. The lowest BCUT2D eigenvalue weighted by atomic mass is 10.0. The molecular weight excluding hydrogens is 276 g/mol. The third-order valence-electron chi connectivity index (χ3n) is 4.10. The third kappa shape index (κ3) is 3.15. The lowest BCUT2D eigenvalue weighted by Gasteiger charge is -2.28. The van der Waals surface area contributed by atoms with Crippen LogP contribution in [-0.2, 0) is 9.47 Å². The van der Waals surface area contributed by atoms with E-state index in [1.165, 1.54) is 11.1 Å². The molecule has 1 aromatic rings. The van der Waals surface area contributed by atoms with E-state index in [1.54, 1.807) is 14.2 Å². The first kappa shape index (κ1) is 15.7. The van der Waals surface area contributed by atoms with Gasteiger partial charge in [0, 0.05) is 44.9 Å². The molecule has 112 valence electrons. The van der Waals surface area contributed by atoms with Gasteiger partial charge in [-0.2, -0.15) is 0 Å². The van der Waals surface area contributed by atoms with Crippen LogP contribution in [0.2, 0.25) is 5.02 Å². The molecule has 1 aliphatic rings. The Morgan fingerprint density at radius 3 is 2.35 bits per heavy atom. The fourth-order valence-electron chi connectivity index (χ4n) is 2.96. The van der Waals surface area contributed by atoms with Crippen molar-refractivity contribution in [2.75, 3.05) is 33.9 Å². The second kappa shape index (κ2) is 6.87. The van der Waals surface area contributed by atoms with E-state index in [2.05, 4.69) is 17.9 Å². The topological polar surface area (TPSA) is 47.7 Å². The average molecular weight is 299 g/mol. The number of rotatable bonds is 5. The highest BCUT2D eigenvalue weighted by Crippen LogP contribution is 2.29. The van der Waals surface area contributed by atoms with Crippen LogP contribution in [0.1, 0.15) is 17.2 Å². The number of likely N-dealkylation sites (tertiary alicyclic amines) is 1. The molecule has 5 heteroatoms. The van der Waals surface area contributed by atoms with E-state index in [0.717, 1.165) is 18.1 Å². The summed E-state index contributed by atoms with van der Waals surface area (Å²) in [6.45, 7) is 4.30. The Morgan fingerprint density at radius 2 is 1.90 bits per heavy atom. The Kier molecular flexibility index (Phi) is 5.41. The molecule has 20 heavy (non-hydrogen) atoms. The Balaban J connectivity index is 2.20. The molecule has 4 nitrogen and oxygen atoms in total. The minimum Gasteiger partial charge on any atom is -0.377 e. The number of ether oxygens (including phenoxy) is 2. The van der Waals surface area contributed by atoms with Gasteiger partial charge in [-0.1, -0.05) is 17.7 Å². The molecule has 3 unspecified atom stereocenters. The predicted octanol–water partition coefficient (Wildman–Crippen LogP) is 1.99. The quantitative estimate of drug-likeness (QED) is 0.903. The van der Waals surface area contributed by atoms with E-state index in [4.69, 9.17) is 26.8 Å². The van der Waals surface area contributed by atoms with Crippen LogP contribution >= 0.6 is 11.6 Å². The van der Waals surface area contributed by atoms with Gasteiger partial charge in [0.2, 0.25) is 0 Å². The fraction of sp³-hybridized carbons (Fsp3) is 0.600. The molecule has 0 radical (unpaired) electrons. The van der Waals surface area contributed by atoms with Crippen LogP contribution in [0, 0.1) is 6.92 Å². The van der Waals surface area contributed by atoms with E-state index >= 15 is 0 Å². The van der Waals surface area contributed by atoms with Crippen molar-refractivity contribution in [3.63, 3.8) is 0 Å². The van der Waals surface area contributed by atoms with E-state index in [9.17, 15) is 0 Å². The van der Waals surface area contributed by atoms with E-state index in [-0.39, 0.29) is 18.2 Å². The van der Waals surface area contributed by atoms with Gasteiger partial charge in [-0.25, -0.2) is 0 Å². The zero-order valence-corrected chi connectivity index (χ0v) is 13.1. The Labute approximate surface area is 125 Å². The highest BCUT2D eigenvalue weighted by molar-refractivity contribution is 6.30. The van der Waals surface area contributed by atoms with E-state index < -0.39 is 0 Å². The van der Waals surface area contributed by atoms with Gasteiger partial charge in [-0.05, 0) is 30.2 Å². The summed E-state index contributed by atoms with van der Waals surface area (Å²) in [6, 6.07) is 6.14. The smallest absolute Gasteiger partial charge is 0.0972 e. The van der Waals surface area contributed by atoms with Crippen LogP contribution in [-0.4, -0.2) is 51.0 Å². The van der Waals surface area contributed by atoms with E-state index in [1.807, 2.05) is 12.1 Å². The summed E-state index contributed by atoms with van der Waals surface area (Å²) in [5, 5.41) is 0.757. The first-order chi connectivity index (χ1) is 9.60. The maximum absolute atomic E-state index is 6.03. The molecule has 3 atom stereocenters. The molecule has 2 N–H and O–H groups in total. The Morgan fingerprint density at radius 1 is 1.30 bits per heavy atom. The molecule has 1 fully saturated rings. The number of benzene rings is 1. The fourth-order valence-corrected chi connectivity index (χ4v) is 3.19. The molecule has 0 spiro atoms. The van der Waals surface area contributed by atoms with Crippen molar-refractivity contribution in [1.29, 1.82) is 0 Å². The first-order valence-corrected chi connectivity index (χ1v) is 7.24. The van der Waals surface area contributed by atoms with Crippen molar-refractivity contribution in [2.45, 2.75) is 25.2 Å². The summed E-state index contributed by atoms with van der Waals surface area (Å²) in [5.74, 6) is 0. The average Bonchev–Trinajstić information content (AvgIpc) is 2.85. The van der Waals surface area contributed by atoms with Crippen LogP contribution in [0.25, 0.3) is 0 Å². The predicted molar refractivity (Wildman–Crippen MR) is 81.2 cm³/mol. The maximum atomic E-state index is 6.03. The normalized spacial score (nSPS) is 25.1. The standard InChI is InChI=1S/C15H23ClN2O2/c1-10-6-11(16)4-5-12(10)13(7-17)18-8-14(19-2)15(9-18)20-3/h4-6,13-15H,7-9,17H2,1-3H3. The van der Waals surface area contributed by atoms with Crippen molar-refractivity contribution in [1.82, 2.24) is 4.90 Å². The van der Waals surface area contributed by atoms with Gasteiger partial charge in [-0.3, -0.25) is 4.90 Å². The van der Waals surface area contributed by atoms with Gasteiger partial charge < -0.3 is 15.2 Å². The summed E-state index contributed by atoms with van der Waals surface area (Å²) in [5.41, 5.74) is 8.40. The molecule has 0 saturated carbocycles. The number of hydrogen-bond donors (Lipinski definition) is 1. The van der Waals surface area contributed by atoms with Crippen molar-refractivity contribution < 1.29 is 9.47 Å². The van der Waals surface area contributed by atoms with Crippen LogP contribution in [0.3, 0.4) is 0 Å². The van der Waals surface area contributed by atoms with Gasteiger partial charge in [0.1, 0.15) is 0 Å². The van der Waals surface area contributed by atoms with Gasteiger partial charge >= 0.3 is 0 Å². The molecular formula is C15H23ClN2O2. The summed E-state index contributed by atoms with van der Waals surface area (Å²) in [6.07, 6.45) is 0.198. The molecule has 0 aromatic heterocycles. The Hall–Kier alpha value is -0.650. The molecule has 2 rings (SSSR count). The van der Waals surface area contributed by atoms with Gasteiger partial charge in [0.25, 0.3) is 0 Å². The number of halogens is 1. The molecule has 1 aliphatic heterocycles. The van der Waals surface area contributed by atoms with Crippen LogP contribution < -0.4 is 5.73 Å². The van der Waals surface area contributed by atoms with Crippen LogP contribution in [0.5, 0.6) is 0 Å². The minimum absolute atomic E-state index is 0.0988. The van der Waals surface area contributed by atoms with Crippen LogP contribution in [0.15, 0.2) is 18.2 Å². The molecule has 0 bridgehead atoms. The number of methoxy groups -OCH3 is 2. The largest absolute Gasteiger partial charge is 0.377 e. The molecule has 1 saturated heterocycles. The lowest BCUT2D eigenvalue weighted by molar-refractivity contribution is -0.00461. The maximum Gasteiger partial charge on any atom is 0.0972 e. The van der Waals surface area contributed by atoms with Crippen molar-refractivity contribution in [3.05, 3.63) is 34.3 Å². The first-order valence-electron chi connectivity index (χ1n) is 6.86. The van der Waals surface area contributed by atoms with Crippen molar-refractivity contribution >= 4 is 11.6 Å². The number of hydrogen-bond acceptors (Lipinski definition) is 4. The molecule has 0 aliphatic carbocycles. The summed E-state index contributed by atoms with van der Waals surface area (Å²) in [7, 11) is 3.45. The highest BCUT2D eigenvalue weighted by atomic mass is 35.5. The van der Waals surface area contributed by atoms with Crippen molar-refractivity contribution in [2.24, 2.45) is 5.73 Å². The minimum atomic E-state index is 0.0988. The molecule has 1 heterocycles. The van der Waals surface area contributed by atoms with Gasteiger partial charge in [-0.15, -0.1) is 0 Å². The second-order valence-corrected chi connectivity index (χ2v) is 5.69. The zero-order valence-electron chi connectivity index (χ0n) is 12.3. The summed E-state index contributed by atoms with van der Waals surface area (Å²) in [4.78, 5) is 2.33. The highest BCUT2D eigenvalue weighted by Gasteiger charge is 2.36. The monoisotopic (exact) mass is 298 g/mol. The van der Waals surface area contributed by atoms with Gasteiger partial charge in [0.05, 0.1) is 12.2 Å². The number of nitrogens with zero attached hydrogens (tertiary/aromatic N) is 1. The molecule has 1 aromatic carbocycles. The number of aryl methyl sites for hydroxylation is 1. The summed E-state index contributed by atoms with van der Waals surface area (Å²) >= 11 is 6.03. The third-order valence-corrected chi connectivity index (χ3v) is 4.34. The number of nitrogens with two attached hydrogens (primary N) is 1. The van der Waals surface area contributed by atoms with Gasteiger partial charge in [0.15, 0.2) is 0 Å². The van der Waals surface area contributed by atoms with E-state index in [0.29, 0.717) is 6.54 Å². The second-order valence-electron chi connectivity index (χ2n) is 5.25.